The number of aliphatic hydroxyl groups is 1. The summed E-state index contributed by atoms with van der Waals surface area (Å²) in [6.45, 7) is 0. The first-order chi connectivity index (χ1) is 7.33. The molecule has 0 amide bonds. The molecule has 80 valence electrons. The number of rotatable bonds is 4. The van der Waals surface area contributed by atoms with E-state index in [2.05, 4.69) is 24.3 Å². The highest BCUT2D eigenvalue weighted by atomic mass is 16.3. The summed E-state index contributed by atoms with van der Waals surface area (Å²) in [4.78, 5) is 0. The van der Waals surface area contributed by atoms with E-state index in [9.17, 15) is 5.11 Å². The second kappa shape index (κ2) is 3.64. The van der Waals surface area contributed by atoms with Crippen LogP contribution in [0.2, 0.25) is 0 Å². The Morgan fingerprint density at radius 3 is 2.73 bits per heavy atom. The summed E-state index contributed by atoms with van der Waals surface area (Å²) >= 11 is 0. The minimum Gasteiger partial charge on any atom is -0.393 e. The zero-order valence-electron chi connectivity index (χ0n) is 9.02. The molecule has 2 aliphatic carbocycles. The van der Waals surface area contributed by atoms with Gasteiger partial charge in [-0.1, -0.05) is 37.1 Å². The van der Waals surface area contributed by atoms with Crippen LogP contribution >= 0.6 is 0 Å². The van der Waals surface area contributed by atoms with Gasteiger partial charge in [-0.2, -0.15) is 0 Å². The van der Waals surface area contributed by atoms with Crippen molar-refractivity contribution in [2.45, 2.75) is 44.1 Å². The molecule has 1 aromatic carbocycles. The van der Waals surface area contributed by atoms with Crippen LogP contribution in [0.15, 0.2) is 24.3 Å². The monoisotopic (exact) mass is 202 g/mol. The highest BCUT2D eigenvalue weighted by Crippen LogP contribution is 2.40. The second-order valence-corrected chi connectivity index (χ2v) is 5.17. The molecule has 2 aliphatic rings. The number of benzene rings is 1. The number of hydrogen-bond acceptors (Lipinski definition) is 1. The van der Waals surface area contributed by atoms with E-state index < -0.39 is 0 Å². The number of hydrogen-bond donors (Lipinski definition) is 1. The molecule has 1 fully saturated rings. The van der Waals surface area contributed by atoms with Gasteiger partial charge < -0.3 is 5.11 Å². The highest BCUT2D eigenvalue weighted by Gasteiger charge is 2.30. The molecule has 0 aliphatic heterocycles. The van der Waals surface area contributed by atoms with E-state index in [1.165, 1.54) is 30.4 Å². The minimum atomic E-state index is -0.0594. The lowest BCUT2D eigenvalue weighted by Gasteiger charge is -2.31. The molecule has 1 heteroatoms. The number of fused-ring (bicyclic) bond motifs is 1. The van der Waals surface area contributed by atoms with Gasteiger partial charge in [0.25, 0.3) is 0 Å². The van der Waals surface area contributed by atoms with Gasteiger partial charge in [0.05, 0.1) is 6.10 Å². The molecule has 0 bridgehead atoms. The highest BCUT2D eigenvalue weighted by molar-refractivity contribution is 5.39. The van der Waals surface area contributed by atoms with Crippen LogP contribution < -0.4 is 0 Å². The Kier molecular flexibility index (Phi) is 2.28. The van der Waals surface area contributed by atoms with E-state index in [0.717, 1.165) is 18.8 Å². The molecule has 1 N–H and O–H groups in total. The Morgan fingerprint density at radius 1 is 1.20 bits per heavy atom. The molecule has 15 heavy (non-hydrogen) atoms. The average molecular weight is 202 g/mol. The fourth-order valence-corrected chi connectivity index (χ4v) is 2.74. The zero-order chi connectivity index (χ0) is 10.3. The molecular weight excluding hydrogens is 184 g/mol. The molecule has 2 atom stereocenters. The van der Waals surface area contributed by atoms with Crippen LogP contribution in [0.4, 0.5) is 0 Å². The molecule has 1 saturated carbocycles. The summed E-state index contributed by atoms with van der Waals surface area (Å²) in [5.74, 6) is 1.48. The molecule has 2 unspecified atom stereocenters. The Hall–Kier alpha value is -0.820. The second-order valence-electron chi connectivity index (χ2n) is 5.17. The first-order valence-electron chi connectivity index (χ1n) is 6.09. The molecule has 3 rings (SSSR count). The van der Waals surface area contributed by atoms with Gasteiger partial charge in [-0.15, -0.1) is 0 Å². The third-order valence-corrected chi connectivity index (χ3v) is 3.82. The standard InChI is InChI=1S/C14H18O/c15-13(7-10-5-6-10)9-12-8-11-3-1-2-4-14(11)12/h1-4,10,12-13,15H,5-9H2. The smallest absolute Gasteiger partial charge is 0.0548 e. The van der Waals surface area contributed by atoms with Gasteiger partial charge in [-0.05, 0) is 42.2 Å². The van der Waals surface area contributed by atoms with E-state index in [1.807, 2.05) is 0 Å². The fourth-order valence-electron chi connectivity index (χ4n) is 2.74. The van der Waals surface area contributed by atoms with E-state index in [4.69, 9.17) is 0 Å². The van der Waals surface area contributed by atoms with Crippen molar-refractivity contribution in [2.24, 2.45) is 5.92 Å². The van der Waals surface area contributed by atoms with Gasteiger partial charge in [0.1, 0.15) is 0 Å². The first kappa shape index (κ1) is 9.41. The van der Waals surface area contributed by atoms with Crippen LogP contribution in [0.1, 0.15) is 42.7 Å². The van der Waals surface area contributed by atoms with Crippen molar-refractivity contribution in [1.82, 2.24) is 0 Å². The van der Waals surface area contributed by atoms with Crippen molar-refractivity contribution in [3.8, 4) is 0 Å². The molecule has 0 heterocycles. The predicted molar refractivity (Wildman–Crippen MR) is 60.9 cm³/mol. The maximum Gasteiger partial charge on any atom is 0.0548 e. The van der Waals surface area contributed by atoms with Gasteiger partial charge in [0.15, 0.2) is 0 Å². The lowest BCUT2D eigenvalue weighted by Crippen LogP contribution is -2.22. The van der Waals surface area contributed by atoms with Crippen LogP contribution in [-0.4, -0.2) is 11.2 Å². The van der Waals surface area contributed by atoms with Crippen molar-refractivity contribution < 1.29 is 5.11 Å². The van der Waals surface area contributed by atoms with Gasteiger partial charge in [-0.3, -0.25) is 0 Å². The fraction of sp³-hybridized carbons (Fsp3) is 0.571. The largest absolute Gasteiger partial charge is 0.393 e. The molecule has 0 radical (unpaired) electrons. The summed E-state index contributed by atoms with van der Waals surface area (Å²) in [6.07, 6.45) is 5.83. The molecule has 0 aromatic heterocycles. The molecular formula is C14H18O. The average Bonchev–Trinajstić information content (AvgIpc) is 2.98. The van der Waals surface area contributed by atoms with Crippen LogP contribution in [0, 0.1) is 5.92 Å². The van der Waals surface area contributed by atoms with Crippen molar-refractivity contribution in [1.29, 1.82) is 0 Å². The third-order valence-electron chi connectivity index (χ3n) is 3.82. The molecule has 0 saturated heterocycles. The van der Waals surface area contributed by atoms with E-state index in [-0.39, 0.29) is 6.10 Å². The van der Waals surface area contributed by atoms with E-state index >= 15 is 0 Å². The van der Waals surface area contributed by atoms with Crippen molar-refractivity contribution in [2.75, 3.05) is 0 Å². The Labute approximate surface area is 91.1 Å². The van der Waals surface area contributed by atoms with E-state index in [0.29, 0.717) is 5.92 Å². The van der Waals surface area contributed by atoms with Crippen LogP contribution in [0.25, 0.3) is 0 Å². The van der Waals surface area contributed by atoms with Crippen molar-refractivity contribution in [3.05, 3.63) is 35.4 Å². The van der Waals surface area contributed by atoms with Gasteiger partial charge in [-0.25, -0.2) is 0 Å². The van der Waals surface area contributed by atoms with Crippen molar-refractivity contribution >= 4 is 0 Å². The van der Waals surface area contributed by atoms with Crippen LogP contribution in [0.3, 0.4) is 0 Å². The summed E-state index contributed by atoms with van der Waals surface area (Å²) < 4.78 is 0. The Bertz CT molecular complexity index is 354. The molecule has 1 aromatic rings. The summed E-state index contributed by atoms with van der Waals surface area (Å²) in [5.41, 5.74) is 2.97. The minimum absolute atomic E-state index is 0.0594. The van der Waals surface area contributed by atoms with Crippen molar-refractivity contribution in [3.63, 3.8) is 0 Å². The van der Waals surface area contributed by atoms with Crippen LogP contribution in [0.5, 0.6) is 0 Å². The third kappa shape index (κ3) is 1.93. The zero-order valence-corrected chi connectivity index (χ0v) is 9.02. The lowest BCUT2D eigenvalue weighted by molar-refractivity contribution is 0.135. The van der Waals surface area contributed by atoms with Crippen LogP contribution in [-0.2, 0) is 6.42 Å². The molecule has 0 spiro atoms. The normalized spacial score (nSPS) is 25.5. The quantitative estimate of drug-likeness (QED) is 0.796. The topological polar surface area (TPSA) is 20.2 Å². The van der Waals surface area contributed by atoms with E-state index in [1.54, 1.807) is 0 Å². The summed E-state index contributed by atoms with van der Waals surface area (Å²) in [7, 11) is 0. The maximum absolute atomic E-state index is 9.92. The summed E-state index contributed by atoms with van der Waals surface area (Å²) in [6, 6.07) is 8.64. The van der Waals surface area contributed by atoms with Gasteiger partial charge in [0.2, 0.25) is 0 Å². The lowest BCUT2D eigenvalue weighted by atomic mass is 9.74. The maximum atomic E-state index is 9.92. The predicted octanol–water partition coefficient (Wildman–Crippen LogP) is 2.88. The Balaban J connectivity index is 1.57. The summed E-state index contributed by atoms with van der Waals surface area (Å²) in [5, 5.41) is 9.92. The molecule has 1 nitrogen and oxygen atoms in total. The van der Waals surface area contributed by atoms with Gasteiger partial charge >= 0.3 is 0 Å². The number of aliphatic hydroxyl groups excluding tert-OH is 1. The SMILES string of the molecule is OC(CC1CC1)CC1Cc2ccccc21. The van der Waals surface area contributed by atoms with Gasteiger partial charge in [0, 0.05) is 0 Å². The Morgan fingerprint density at radius 2 is 2.00 bits per heavy atom. The first-order valence-corrected chi connectivity index (χ1v) is 6.09.